The molecule has 0 bridgehead atoms. The van der Waals surface area contributed by atoms with Crippen molar-refractivity contribution in [1.82, 2.24) is 9.88 Å². The summed E-state index contributed by atoms with van der Waals surface area (Å²) in [5, 5.41) is 0. The maximum atomic E-state index is 12.4. The first-order valence-corrected chi connectivity index (χ1v) is 9.91. The fourth-order valence-corrected chi connectivity index (χ4v) is 5.25. The van der Waals surface area contributed by atoms with Gasteiger partial charge in [-0.2, -0.15) is 0 Å². The largest absolute Gasteiger partial charge is 0.353 e. The predicted molar refractivity (Wildman–Crippen MR) is 89.1 cm³/mol. The Bertz CT molecular complexity index is 682. The van der Waals surface area contributed by atoms with Gasteiger partial charge in [0.25, 0.3) is 0 Å². The molecule has 3 rings (SSSR count). The third-order valence-electron chi connectivity index (χ3n) is 4.70. The second-order valence-corrected chi connectivity index (χ2v) is 8.71. The molecule has 1 aromatic rings. The number of rotatable bonds is 3. The van der Waals surface area contributed by atoms with Crippen LogP contribution in [0, 0.1) is 12.8 Å². The molecular formula is C16H23N3O3S. The van der Waals surface area contributed by atoms with E-state index in [9.17, 15) is 13.2 Å². The Balaban J connectivity index is 1.53. The van der Waals surface area contributed by atoms with E-state index < -0.39 is 9.84 Å². The van der Waals surface area contributed by atoms with Crippen LogP contribution in [-0.2, 0) is 14.6 Å². The average molecular weight is 337 g/mol. The van der Waals surface area contributed by atoms with E-state index >= 15 is 0 Å². The molecule has 1 aromatic heterocycles. The van der Waals surface area contributed by atoms with Gasteiger partial charge in [-0.15, -0.1) is 0 Å². The average Bonchev–Trinajstić information content (AvgIpc) is 2.87. The standard InChI is InChI=1S/C16H23N3O3S/c1-13-3-2-5-17-16(13)19-8-6-18(7-9-19)15(20)11-14-4-10-23(21,22)12-14/h2-3,5,14H,4,6-12H2,1H3/t14-/m0/s1. The Morgan fingerprint density at radius 1 is 1.30 bits per heavy atom. The van der Waals surface area contributed by atoms with Gasteiger partial charge in [0.1, 0.15) is 5.82 Å². The highest BCUT2D eigenvalue weighted by atomic mass is 32.2. The monoisotopic (exact) mass is 337 g/mol. The van der Waals surface area contributed by atoms with Gasteiger partial charge in [0.15, 0.2) is 9.84 Å². The van der Waals surface area contributed by atoms with Crippen LogP contribution in [0.2, 0.25) is 0 Å². The zero-order valence-electron chi connectivity index (χ0n) is 13.4. The van der Waals surface area contributed by atoms with Crippen LogP contribution in [-0.4, -0.2) is 61.9 Å². The lowest BCUT2D eigenvalue weighted by Gasteiger charge is -2.36. The fourth-order valence-electron chi connectivity index (χ4n) is 3.39. The van der Waals surface area contributed by atoms with E-state index in [1.165, 1.54) is 0 Å². The van der Waals surface area contributed by atoms with Gasteiger partial charge in [0.2, 0.25) is 5.91 Å². The summed E-state index contributed by atoms with van der Waals surface area (Å²) in [6.45, 7) is 4.93. The molecule has 0 N–H and O–H groups in total. The molecule has 2 aliphatic rings. The van der Waals surface area contributed by atoms with Crippen LogP contribution in [0.4, 0.5) is 5.82 Å². The minimum Gasteiger partial charge on any atom is -0.353 e. The first kappa shape index (κ1) is 16.2. The number of carbonyl (C=O) groups excluding carboxylic acids is 1. The van der Waals surface area contributed by atoms with E-state index in [2.05, 4.69) is 9.88 Å². The van der Waals surface area contributed by atoms with Crippen molar-refractivity contribution in [2.45, 2.75) is 19.8 Å². The third kappa shape index (κ3) is 3.83. The van der Waals surface area contributed by atoms with Gasteiger partial charge in [-0.05, 0) is 30.9 Å². The molecule has 2 saturated heterocycles. The highest BCUT2D eigenvalue weighted by Gasteiger charge is 2.31. The SMILES string of the molecule is Cc1cccnc1N1CCN(C(=O)C[C@@H]2CCS(=O)(=O)C2)CC1. The number of hydrogen-bond donors (Lipinski definition) is 0. The number of nitrogens with zero attached hydrogens (tertiary/aromatic N) is 3. The van der Waals surface area contributed by atoms with Crippen molar-refractivity contribution < 1.29 is 13.2 Å². The first-order chi connectivity index (χ1) is 10.9. The lowest BCUT2D eigenvalue weighted by Crippen LogP contribution is -2.49. The molecule has 0 aromatic carbocycles. The fraction of sp³-hybridized carbons (Fsp3) is 0.625. The first-order valence-electron chi connectivity index (χ1n) is 8.09. The summed E-state index contributed by atoms with van der Waals surface area (Å²) in [6, 6.07) is 3.97. The Morgan fingerprint density at radius 3 is 2.65 bits per heavy atom. The molecule has 6 nitrogen and oxygen atoms in total. The molecule has 23 heavy (non-hydrogen) atoms. The summed E-state index contributed by atoms with van der Waals surface area (Å²) in [5.41, 5.74) is 1.14. The van der Waals surface area contributed by atoms with Gasteiger partial charge in [-0.25, -0.2) is 13.4 Å². The van der Waals surface area contributed by atoms with Gasteiger partial charge in [-0.3, -0.25) is 4.79 Å². The highest BCUT2D eigenvalue weighted by Crippen LogP contribution is 2.23. The molecular weight excluding hydrogens is 314 g/mol. The van der Waals surface area contributed by atoms with E-state index in [1.54, 1.807) is 6.20 Å². The van der Waals surface area contributed by atoms with Gasteiger partial charge in [0, 0.05) is 38.8 Å². The number of sulfone groups is 1. The van der Waals surface area contributed by atoms with Crippen molar-refractivity contribution in [2.75, 3.05) is 42.6 Å². The van der Waals surface area contributed by atoms with Crippen LogP contribution < -0.4 is 4.90 Å². The number of pyridine rings is 1. The second kappa shape index (κ2) is 6.47. The molecule has 3 heterocycles. The minimum absolute atomic E-state index is 0.00330. The molecule has 0 saturated carbocycles. The van der Waals surface area contributed by atoms with Crippen LogP contribution >= 0.6 is 0 Å². The lowest BCUT2D eigenvalue weighted by atomic mass is 10.0. The number of piperazine rings is 1. The number of aryl methyl sites for hydroxylation is 1. The zero-order chi connectivity index (χ0) is 16.4. The van der Waals surface area contributed by atoms with E-state index in [4.69, 9.17) is 0 Å². The summed E-state index contributed by atoms with van der Waals surface area (Å²) in [6.07, 6.45) is 2.78. The van der Waals surface area contributed by atoms with E-state index in [0.717, 1.165) is 24.5 Å². The summed E-state index contributed by atoms with van der Waals surface area (Å²) in [7, 11) is -2.91. The van der Waals surface area contributed by atoms with Crippen LogP contribution in [0.3, 0.4) is 0 Å². The van der Waals surface area contributed by atoms with Crippen molar-refractivity contribution in [3.8, 4) is 0 Å². The maximum Gasteiger partial charge on any atom is 0.223 e. The highest BCUT2D eigenvalue weighted by molar-refractivity contribution is 7.91. The van der Waals surface area contributed by atoms with Crippen molar-refractivity contribution in [3.63, 3.8) is 0 Å². The topological polar surface area (TPSA) is 70.6 Å². The van der Waals surface area contributed by atoms with Gasteiger partial charge >= 0.3 is 0 Å². The molecule has 0 spiro atoms. The Morgan fingerprint density at radius 2 is 2.04 bits per heavy atom. The van der Waals surface area contributed by atoms with Gasteiger partial charge in [-0.1, -0.05) is 6.07 Å². The summed E-state index contributed by atoms with van der Waals surface area (Å²) >= 11 is 0. The van der Waals surface area contributed by atoms with Crippen molar-refractivity contribution in [2.24, 2.45) is 5.92 Å². The lowest BCUT2D eigenvalue weighted by molar-refractivity contribution is -0.132. The minimum atomic E-state index is -2.91. The van der Waals surface area contributed by atoms with Crippen LogP contribution in [0.15, 0.2) is 18.3 Å². The van der Waals surface area contributed by atoms with Gasteiger partial charge < -0.3 is 9.80 Å². The Hall–Kier alpha value is -1.63. The van der Waals surface area contributed by atoms with E-state index in [0.29, 0.717) is 25.9 Å². The van der Waals surface area contributed by atoms with Crippen molar-refractivity contribution in [1.29, 1.82) is 0 Å². The number of anilines is 1. The summed E-state index contributed by atoms with van der Waals surface area (Å²) in [4.78, 5) is 20.9. The number of carbonyl (C=O) groups is 1. The molecule has 0 aliphatic carbocycles. The normalized spacial score (nSPS) is 24.0. The quantitative estimate of drug-likeness (QED) is 0.818. The van der Waals surface area contributed by atoms with Crippen LogP contribution in [0.5, 0.6) is 0 Å². The Labute approximate surface area is 137 Å². The predicted octanol–water partition coefficient (Wildman–Crippen LogP) is 0.863. The van der Waals surface area contributed by atoms with Crippen LogP contribution in [0.1, 0.15) is 18.4 Å². The van der Waals surface area contributed by atoms with Gasteiger partial charge in [0.05, 0.1) is 11.5 Å². The summed E-state index contributed by atoms with van der Waals surface area (Å²) in [5.74, 6) is 1.48. The summed E-state index contributed by atoms with van der Waals surface area (Å²) < 4.78 is 23.0. The Kier molecular flexibility index (Phi) is 4.57. The second-order valence-electron chi connectivity index (χ2n) is 6.48. The molecule has 0 radical (unpaired) electrons. The molecule has 1 amide bonds. The smallest absolute Gasteiger partial charge is 0.223 e. The number of hydrogen-bond acceptors (Lipinski definition) is 5. The molecule has 7 heteroatoms. The maximum absolute atomic E-state index is 12.4. The van der Waals surface area contributed by atoms with Crippen molar-refractivity contribution >= 4 is 21.6 Å². The van der Waals surface area contributed by atoms with E-state index in [-0.39, 0.29) is 23.3 Å². The molecule has 0 unspecified atom stereocenters. The number of aromatic nitrogens is 1. The number of amides is 1. The zero-order valence-corrected chi connectivity index (χ0v) is 14.3. The molecule has 1 atom stereocenters. The van der Waals surface area contributed by atoms with Crippen molar-refractivity contribution in [3.05, 3.63) is 23.9 Å². The molecule has 126 valence electrons. The van der Waals surface area contributed by atoms with E-state index in [1.807, 2.05) is 24.0 Å². The third-order valence-corrected chi connectivity index (χ3v) is 6.54. The molecule has 2 fully saturated rings. The van der Waals surface area contributed by atoms with Crippen LogP contribution in [0.25, 0.3) is 0 Å². The molecule has 2 aliphatic heterocycles.